The van der Waals surface area contributed by atoms with Gasteiger partial charge < -0.3 is 30.5 Å². The van der Waals surface area contributed by atoms with Gasteiger partial charge in [-0.1, -0.05) is 31.6 Å². The highest BCUT2D eigenvalue weighted by Crippen LogP contribution is 2.67. The number of benzene rings is 1. The van der Waals surface area contributed by atoms with Gasteiger partial charge >= 0.3 is 11.9 Å². The zero-order valence-corrected chi connectivity index (χ0v) is 26.9. The van der Waals surface area contributed by atoms with Crippen molar-refractivity contribution >= 4 is 35.1 Å². The van der Waals surface area contributed by atoms with Gasteiger partial charge in [0.25, 0.3) is 5.69 Å². The smallest absolute Gasteiger partial charge is 0.329 e. The van der Waals surface area contributed by atoms with E-state index in [2.05, 4.69) is 12.2 Å². The number of esters is 1. The third kappa shape index (κ3) is 6.16. The minimum atomic E-state index is -1.87. The second-order valence-corrected chi connectivity index (χ2v) is 14.2. The van der Waals surface area contributed by atoms with Crippen molar-refractivity contribution in [3.8, 4) is 0 Å². The van der Waals surface area contributed by atoms with Crippen LogP contribution in [0.25, 0.3) is 0 Å². The molecule has 14 nitrogen and oxygen atoms in total. The number of non-ortho nitro benzene ring substituents is 1. The lowest BCUT2D eigenvalue weighted by Gasteiger charge is -2.60. The highest BCUT2D eigenvalue weighted by Gasteiger charge is 2.68. The maximum atomic E-state index is 13.5. The lowest BCUT2D eigenvalue weighted by atomic mass is 9.45. The molecule has 4 aliphatic carbocycles. The average molecular weight is 671 g/mol. The van der Waals surface area contributed by atoms with Crippen LogP contribution < -0.4 is 5.32 Å². The molecule has 0 aliphatic heterocycles. The maximum Gasteiger partial charge on any atom is 0.329 e. The van der Waals surface area contributed by atoms with E-state index < -0.39 is 77.3 Å². The van der Waals surface area contributed by atoms with E-state index in [1.54, 1.807) is 6.08 Å². The van der Waals surface area contributed by atoms with Gasteiger partial charge in [-0.2, -0.15) is 0 Å². The van der Waals surface area contributed by atoms with E-state index in [1.807, 2.05) is 6.92 Å². The number of allylic oxidation sites excluding steroid dienone is 1. The normalized spacial score (nSPS) is 33.6. The van der Waals surface area contributed by atoms with Crippen molar-refractivity contribution in [2.24, 2.45) is 28.6 Å². The minimum Gasteiger partial charge on any atom is -0.480 e. The van der Waals surface area contributed by atoms with Crippen molar-refractivity contribution in [2.45, 2.75) is 95.5 Å². The Hall–Kier alpha value is -4.01. The molecule has 260 valence electrons. The number of amides is 1. The summed E-state index contributed by atoms with van der Waals surface area (Å²) in [7, 11) is 0. The fraction of sp³-hybridized carbons (Fsp3) is 0.618. The van der Waals surface area contributed by atoms with Gasteiger partial charge in [0.15, 0.2) is 18.4 Å². The van der Waals surface area contributed by atoms with Gasteiger partial charge in [0, 0.05) is 30.4 Å². The first-order chi connectivity index (χ1) is 22.5. The first kappa shape index (κ1) is 35.3. The summed E-state index contributed by atoms with van der Waals surface area (Å²) >= 11 is 0. The van der Waals surface area contributed by atoms with E-state index in [1.165, 1.54) is 12.1 Å². The van der Waals surface area contributed by atoms with Crippen LogP contribution in [0.15, 0.2) is 35.9 Å². The van der Waals surface area contributed by atoms with Crippen molar-refractivity contribution in [1.29, 1.82) is 0 Å². The molecule has 1 amide bonds. The molecule has 9 atom stereocenters. The predicted octanol–water partition coefficient (Wildman–Crippen LogP) is 2.32. The molecule has 1 aromatic rings. The number of ketones is 2. The van der Waals surface area contributed by atoms with E-state index in [9.17, 15) is 54.5 Å². The van der Waals surface area contributed by atoms with Crippen LogP contribution in [-0.4, -0.2) is 79.1 Å². The Labute approximate surface area is 276 Å². The highest BCUT2D eigenvalue weighted by atomic mass is 16.6. The monoisotopic (exact) mass is 670 g/mol. The number of carbonyl (C=O) groups is 5. The number of fused-ring (bicyclic) bond motifs is 5. The summed E-state index contributed by atoms with van der Waals surface area (Å²) in [6, 6.07) is 2.79. The Morgan fingerprint density at radius 1 is 1.12 bits per heavy atom. The van der Waals surface area contributed by atoms with Gasteiger partial charge in [0.2, 0.25) is 11.7 Å². The van der Waals surface area contributed by atoms with Gasteiger partial charge in [-0.3, -0.25) is 29.3 Å². The number of aliphatic carboxylic acids is 1. The van der Waals surface area contributed by atoms with Gasteiger partial charge in [0.05, 0.1) is 17.4 Å². The third-order valence-electron chi connectivity index (χ3n) is 11.8. The number of ether oxygens (including phenoxy) is 1. The van der Waals surface area contributed by atoms with Crippen molar-refractivity contribution in [1.82, 2.24) is 5.32 Å². The molecule has 0 radical (unpaired) electrons. The van der Waals surface area contributed by atoms with Crippen LogP contribution in [0.3, 0.4) is 0 Å². The Kier molecular flexibility index (Phi) is 9.65. The van der Waals surface area contributed by atoms with Crippen LogP contribution in [0, 0.1) is 38.7 Å². The van der Waals surface area contributed by atoms with Crippen LogP contribution in [0.5, 0.6) is 0 Å². The number of nitro benzene ring substituents is 1. The number of nitro groups is 1. The molecule has 0 bridgehead atoms. The Morgan fingerprint density at radius 3 is 2.54 bits per heavy atom. The van der Waals surface area contributed by atoms with E-state index in [4.69, 9.17) is 4.74 Å². The molecule has 0 heterocycles. The summed E-state index contributed by atoms with van der Waals surface area (Å²) in [6.07, 6.45) is 1.46. The number of carboxylic acids is 1. The molecule has 1 aromatic carbocycles. The lowest BCUT2D eigenvalue weighted by molar-refractivity contribution is -0.385. The van der Waals surface area contributed by atoms with Crippen LogP contribution in [0.2, 0.25) is 0 Å². The number of aliphatic hydroxyl groups excluding tert-OH is 2. The molecular weight excluding hydrogens is 628 g/mol. The summed E-state index contributed by atoms with van der Waals surface area (Å²) in [4.78, 5) is 72.7. The molecule has 5 N–H and O–H groups in total. The lowest BCUT2D eigenvalue weighted by Crippen LogP contribution is -2.62. The summed E-state index contributed by atoms with van der Waals surface area (Å²) in [5, 5.41) is 56.6. The highest BCUT2D eigenvalue weighted by molar-refractivity contribution is 5.92. The third-order valence-corrected chi connectivity index (χ3v) is 11.8. The van der Waals surface area contributed by atoms with E-state index in [0.29, 0.717) is 19.3 Å². The largest absolute Gasteiger partial charge is 0.480 e. The second-order valence-electron chi connectivity index (χ2n) is 14.2. The fourth-order valence-electron chi connectivity index (χ4n) is 9.24. The molecule has 48 heavy (non-hydrogen) atoms. The predicted molar refractivity (Wildman–Crippen MR) is 166 cm³/mol. The molecule has 0 saturated heterocycles. The standard InChI is InChI=1S/C34H42N2O12/c1-32-12-10-21(37)15-19(32)6-7-22-23-11-13-34(45,33(23,2)16-24(38)28(22)32)25(39)17-48-27(41)9-8-26(40)35-29(31(43)44)30(42)18-4-3-5-20(14-18)36(46)47/h3-5,14-15,22-24,28-30,38,42,45H,6-13,16-17H2,1-2H3,(H,35,40)(H,43,44)/t22-,23-,24-,28+,29+,30-,32-,33-,34-/m0/s1. The zero-order chi connectivity index (χ0) is 35.2. The van der Waals surface area contributed by atoms with Gasteiger partial charge in [0.1, 0.15) is 11.7 Å². The maximum absolute atomic E-state index is 13.5. The van der Waals surface area contributed by atoms with Gasteiger partial charge in [-0.25, -0.2) is 4.79 Å². The van der Waals surface area contributed by atoms with Crippen molar-refractivity contribution in [3.05, 3.63) is 51.6 Å². The number of aliphatic hydroxyl groups is 3. The first-order valence-corrected chi connectivity index (χ1v) is 16.3. The summed E-state index contributed by atoms with van der Waals surface area (Å²) in [5.41, 5.74) is -2.56. The van der Waals surface area contributed by atoms with E-state index in [0.717, 1.165) is 30.5 Å². The number of hydrogen-bond donors (Lipinski definition) is 5. The molecule has 4 aliphatic rings. The van der Waals surface area contributed by atoms with Gasteiger partial charge in [-0.05, 0) is 73.3 Å². The first-order valence-electron chi connectivity index (χ1n) is 16.3. The van der Waals surface area contributed by atoms with Crippen LogP contribution in [0.4, 0.5) is 5.69 Å². The van der Waals surface area contributed by atoms with E-state index in [-0.39, 0.29) is 53.0 Å². The molecule has 5 rings (SSSR count). The zero-order valence-electron chi connectivity index (χ0n) is 26.9. The van der Waals surface area contributed by atoms with E-state index >= 15 is 0 Å². The summed E-state index contributed by atoms with van der Waals surface area (Å²) in [5.74, 6) is -4.19. The summed E-state index contributed by atoms with van der Waals surface area (Å²) in [6.45, 7) is 3.17. The number of Topliss-reactive ketones (excluding diaryl/α,β-unsaturated/α-hetero) is 1. The molecule has 0 unspecified atom stereocenters. The number of rotatable bonds is 11. The molecular formula is C34H42N2O12. The molecule has 14 heteroatoms. The number of nitrogens with zero attached hydrogens (tertiary/aromatic N) is 1. The number of hydrogen-bond acceptors (Lipinski definition) is 11. The van der Waals surface area contributed by atoms with Crippen molar-refractivity contribution in [2.75, 3.05) is 6.61 Å². The Balaban J connectivity index is 1.16. The second kappa shape index (κ2) is 13.1. The number of nitrogens with one attached hydrogen (secondary N) is 1. The fourth-order valence-corrected chi connectivity index (χ4v) is 9.24. The SMILES string of the molecule is C[C@]12CCC(=O)C=C1CC[C@@H]1[C@@H]2[C@@H](O)C[C@@]2(C)[C@H]1CC[C@]2(O)C(=O)COC(=O)CCC(=O)N[C@@H](C(=O)O)[C@@H](O)c1cccc([N+](=O)[O-])c1. The molecule has 0 aromatic heterocycles. The topological polar surface area (TPSA) is 231 Å². The number of carbonyl (C=O) groups excluding carboxylic acids is 4. The molecule has 3 fully saturated rings. The quantitative estimate of drug-likeness (QED) is 0.130. The molecule has 0 spiro atoms. The molecule has 3 saturated carbocycles. The number of carboxylic acid groups (broad SMARTS) is 1. The average Bonchev–Trinajstić information content (AvgIpc) is 3.31. The van der Waals surface area contributed by atoms with Crippen LogP contribution >= 0.6 is 0 Å². The Morgan fingerprint density at radius 2 is 1.85 bits per heavy atom. The Bertz CT molecular complexity index is 1560. The van der Waals surface area contributed by atoms with Crippen LogP contribution in [0.1, 0.15) is 83.3 Å². The van der Waals surface area contributed by atoms with Crippen molar-refractivity contribution < 1.29 is 54.1 Å². The summed E-state index contributed by atoms with van der Waals surface area (Å²) < 4.78 is 5.13. The minimum absolute atomic E-state index is 0.0437. The van der Waals surface area contributed by atoms with Crippen LogP contribution in [-0.2, 0) is 28.7 Å². The van der Waals surface area contributed by atoms with Gasteiger partial charge in [-0.15, -0.1) is 0 Å². The van der Waals surface area contributed by atoms with Crippen molar-refractivity contribution in [3.63, 3.8) is 0 Å².